The van der Waals surface area contributed by atoms with Crippen LogP contribution in [0.2, 0.25) is 0 Å². The van der Waals surface area contributed by atoms with Crippen molar-refractivity contribution >= 4 is 0 Å². The van der Waals surface area contributed by atoms with E-state index in [1.165, 1.54) is 36.8 Å². The molecule has 0 spiro atoms. The van der Waals surface area contributed by atoms with Crippen molar-refractivity contribution in [3.63, 3.8) is 0 Å². The molecule has 2 N–H and O–H groups in total. The Bertz CT molecular complexity index is 392. The Kier molecular flexibility index (Phi) is 2.93. The van der Waals surface area contributed by atoms with Crippen molar-refractivity contribution < 1.29 is 4.74 Å². The summed E-state index contributed by atoms with van der Waals surface area (Å²) in [6.45, 7) is 2.57. The van der Waals surface area contributed by atoms with E-state index in [0.29, 0.717) is 5.92 Å². The van der Waals surface area contributed by atoms with E-state index in [1.54, 1.807) is 0 Å². The summed E-state index contributed by atoms with van der Waals surface area (Å²) in [5.41, 5.74) is 9.21. The van der Waals surface area contributed by atoms with Gasteiger partial charge in [-0.1, -0.05) is 37.1 Å². The van der Waals surface area contributed by atoms with Crippen LogP contribution in [0.5, 0.6) is 0 Å². The van der Waals surface area contributed by atoms with E-state index in [0.717, 1.165) is 19.8 Å². The van der Waals surface area contributed by atoms with Gasteiger partial charge in [0, 0.05) is 17.9 Å². The number of hydrogen-bond acceptors (Lipinski definition) is 2. The van der Waals surface area contributed by atoms with Gasteiger partial charge in [0.05, 0.1) is 13.2 Å². The predicted molar refractivity (Wildman–Crippen MR) is 69.2 cm³/mol. The average Bonchev–Trinajstić information content (AvgIpc) is 2.77. The molecule has 1 heterocycles. The topological polar surface area (TPSA) is 35.2 Å². The number of benzene rings is 1. The van der Waals surface area contributed by atoms with Gasteiger partial charge in [-0.05, 0) is 24.0 Å². The molecule has 0 radical (unpaired) electrons. The smallest absolute Gasteiger partial charge is 0.0557 e. The van der Waals surface area contributed by atoms with Gasteiger partial charge in [-0.2, -0.15) is 0 Å². The van der Waals surface area contributed by atoms with Gasteiger partial charge in [0.2, 0.25) is 0 Å². The quantitative estimate of drug-likeness (QED) is 0.867. The lowest BCUT2D eigenvalue weighted by Crippen LogP contribution is -2.32. The summed E-state index contributed by atoms with van der Waals surface area (Å²) in [6, 6.07) is 9.07. The van der Waals surface area contributed by atoms with E-state index in [2.05, 4.69) is 24.3 Å². The molecule has 2 heteroatoms. The molecule has 1 aliphatic heterocycles. The summed E-state index contributed by atoms with van der Waals surface area (Å²) in [4.78, 5) is 0. The molecule has 17 heavy (non-hydrogen) atoms. The molecule has 0 unspecified atom stereocenters. The first-order chi connectivity index (χ1) is 8.34. The molecule has 1 saturated carbocycles. The first-order valence-corrected chi connectivity index (χ1v) is 6.72. The van der Waals surface area contributed by atoms with E-state index < -0.39 is 0 Å². The van der Waals surface area contributed by atoms with Crippen LogP contribution in [-0.4, -0.2) is 19.8 Å². The van der Waals surface area contributed by atoms with Crippen LogP contribution in [0, 0.1) is 0 Å². The zero-order valence-electron chi connectivity index (χ0n) is 10.3. The number of ether oxygens (including phenoxy) is 1. The van der Waals surface area contributed by atoms with E-state index >= 15 is 0 Å². The van der Waals surface area contributed by atoms with Crippen LogP contribution in [0.4, 0.5) is 0 Å². The highest BCUT2D eigenvalue weighted by Crippen LogP contribution is 2.41. The van der Waals surface area contributed by atoms with Gasteiger partial charge in [0.25, 0.3) is 0 Å². The molecule has 1 aromatic rings. The van der Waals surface area contributed by atoms with Crippen molar-refractivity contribution in [2.24, 2.45) is 5.73 Å². The fraction of sp³-hybridized carbons (Fsp3) is 0.600. The molecule has 1 aromatic carbocycles. The highest BCUT2D eigenvalue weighted by Gasteiger charge is 2.34. The van der Waals surface area contributed by atoms with Crippen molar-refractivity contribution in [2.75, 3.05) is 19.8 Å². The minimum Gasteiger partial charge on any atom is -0.380 e. The average molecular weight is 231 g/mol. The van der Waals surface area contributed by atoms with Crippen LogP contribution in [0.15, 0.2) is 24.3 Å². The van der Waals surface area contributed by atoms with Crippen molar-refractivity contribution in [1.29, 1.82) is 0 Å². The summed E-state index contributed by atoms with van der Waals surface area (Å²) in [6.07, 6.45) is 5.17. The van der Waals surface area contributed by atoms with Gasteiger partial charge >= 0.3 is 0 Å². The second-order valence-corrected chi connectivity index (χ2v) is 5.55. The zero-order valence-corrected chi connectivity index (χ0v) is 10.3. The molecule has 1 aliphatic carbocycles. The third kappa shape index (κ3) is 1.90. The second-order valence-electron chi connectivity index (χ2n) is 5.55. The van der Waals surface area contributed by atoms with Crippen LogP contribution in [0.1, 0.15) is 42.7 Å². The molecule has 1 saturated heterocycles. The fourth-order valence-electron chi connectivity index (χ4n) is 3.21. The molecular weight excluding hydrogens is 210 g/mol. The molecular formula is C15H21NO. The standard InChI is InChI=1S/C15H21NO/c16-11-15(6-1-2-7-15)14-5-3-4-12(8-14)13-9-17-10-13/h3-5,8,13H,1-2,6-7,9-11,16H2. The van der Waals surface area contributed by atoms with E-state index in [1.807, 2.05) is 0 Å². The molecule has 0 atom stereocenters. The minimum atomic E-state index is 0.264. The van der Waals surface area contributed by atoms with Crippen LogP contribution >= 0.6 is 0 Å². The van der Waals surface area contributed by atoms with Gasteiger partial charge < -0.3 is 10.5 Å². The lowest BCUT2D eigenvalue weighted by molar-refractivity contribution is 0.00836. The van der Waals surface area contributed by atoms with Crippen LogP contribution in [-0.2, 0) is 10.2 Å². The molecule has 2 fully saturated rings. The number of hydrogen-bond donors (Lipinski definition) is 1. The van der Waals surface area contributed by atoms with Gasteiger partial charge in [0.1, 0.15) is 0 Å². The Morgan fingerprint density at radius 2 is 2.00 bits per heavy atom. The largest absolute Gasteiger partial charge is 0.380 e. The molecule has 0 bridgehead atoms. The molecule has 2 nitrogen and oxygen atoms in total. The Balaban J connectivity index is 1.90. The minimum absolute atomic E-state index is 0.264. The Morgan fingerprint density at radius 3 is 2.59 bits per heavy atom. The van der Waals surface area contributed by atoms with Crippen molar-refractivity contribution in [2.45, 2.75) is 37.0 Å². The number of rotatable bonds is 3. The fourth-order valence-corrected chi connectivity index (χ4v) is 3.21. The maximum atomic E-state index is 6.05. The molecule has 2 aliphatic rings. The summed E-state index contributed by atoms with van der Waals surface area (Å²) in [7, 11) is 0. The highest BCUT2D eigenvalue weighted by atomic mass is 16.5. The van der Waals surface area contributed by atoms with Crippen LogP contribution < -0.4 is 5.73 Å². The Hall–Kier alpha value is -0.860. The molecule has 0 aromatic heterocycles. The maximum absolute atomic E-state index is 6.05. The summed E-state index contributed by atoms with van der Waals surface area (Å²) < 4.78 is 5.28. The second kappa shape index (κ2) is 4.43. The molecule has 0 amide bonds. The van der Waals surface area contributed by atoms with E-state index in [9.17, 15) is 0 Å². The van der Waals surface area contributed by atoms with Gasteiger partial charge in [0.15, 0.2) is 0 Å². The van der Waals surface area contributed by atoms with Crippen molar-refractivity contribution in [3.05, 3.63) is 35.4 Å². The third-order valence-corrected chi connectivity index (χ3v) is 4.56. The van der Waals surface area contributed by atoms with E-state index in [-0.39, 0.29) is 5.41 Å². The van der Waals surface area contributed by atoms with Gasteiger partial charge in [-0.25, -0.2) is 0 Å². The summed E-state index contributed by atoms with van der Waals surface area (Å²) >= 11 is 0. The Morgan fingerprint density at radius 1 is 1.24 bits per heavy atom. The van der Waals surface area contributed by atoms with Crippen molar-refractivity contribution in [3.8, 4) is 0 Å². The monoisotopic (exact) mass is 231 g/mol. The van der Waals surface area contributed by atoms with E-state index in [4.69, 9.17) is 10.5 Å². The van der Waals surface area contributed by atoms with Gasteiger partial charge in [-0.3, -0.25) is 0 Å². The summed E-state index contributed by atoms with van der Waals surface area (Å²) in [5, 5.41) is 0. The van der Waals surface area contributed by atoms with Crippen LogP contribution in [0.3, 0.4) is 0 Å². The maximum Gasteiger partial charge on any atom is 0.0557 e. The molecule has 3 rings (SSSR count). The lowest BCUT2D eigenvalue weighted by Gasteiger charge is -2.31. The first-order valence-electron chi connectivity index (χ1n) is 6.72. The SMILES string of the molecule is NCC1(c2cccc(C3COC3)c2)CCCC1. The molecule has 92 valence electrons. The third-order valence-electron chi connectivity index (χ3n) is 4.56. The summed E-state index contributed by atoms with van der Waals surface area (Å²) in [5.74, 6) is 0.617. The Labute approximate surface area is 103 Å². The number of nitrogens with two attached hydrogens (primary N) is 1. The predicted octanol–water partition coefficient (Wildman–Crippen LogP) is 2.57. The normalized spacial score (nSPS) is 23.6. The van der Waals surface area contributed by atoms with Gasteiger partial charge in [-0.15, -0.1) is 0 Å². The van der Waals surface area contributed by atoms with Crippen molar-refractivity contribution in [1.82, 2.24) is 0 Å². The van der Waals surface area contributed by atoms with Crippen LogP contribution in [0.25, 0.3) is 0 Å². The first kappa shape index (κ1) is 11.2. The highest BCUT2D eigenvalue weighted by molar-refractivity contribution is 5.34. The zero-order chi connectivity index (χ0) is 11.7. The lowest BCUT2D eigenvalue weighted by atomic mass is 9.77.